The maximum atomic E-state index is 11.7. The lowest BCUT2D eigenvalue weighted by molar-refractivity contribution is -0.141. The van der Waals surface area contributed by atoms with Gasteiger partial charge in [-0.1, -0.05) is 11.6 Å². The SMILES string of the molecule is CC(C)OC(=O)/C=C/c1oc2ccc(Cl)c3c2c1CN(C)CC3. The first-order valence-electron chi connectivity index (χ1n) is 7.75. The number of hydrogen-bond acceptors (Lipinski definition) is 4. The standard InChI is InChI=1S/C18H20ClNO3/c1-11(2)22-17(21)7-6-15-13-10-20(3)9-8-12-14(19)4-5-16(23-15)18(12)13/h4-7,11H,8-10H2,1-3H3/b7-6+. The first-order valence-corrected chi connectivity index (χ1v) is 8.13. The lowest BCUT2D eigenvalue weighted by atomic mass is 10.0. The zero-order chi connectivity index (χ0) is 16.6. The Kier molecular flexibility index (Phi) is 4.46. The summed E-state index contributed by atoms with van der Waals surface area (Å²) in [5.74, 6) is 0.325. The third-order valence-electron chi connectivity index (χ3n) is 3.93. The van der Waals surface area contributed by atoms with Crippen LogP contribution in [0.3, 0.4) is 0 Å². The summed E-state index contributed by atoms with van der Waals surface area (Å²) >= 11 is 6.37. The molecule has 0 radical (unpaired) electrons. The first kappa shape index (κ1) is 16.1. The molecule has 1 aromatic carbocycles. The summed E-state index contributed by atoms with van der Waals surface area (Å²) in [6, 6.07) is 3.76. The van der Waals surface area contributed by atoms with Gasteiger partial charge in [0.15, 0.2) is 0 Å². The van der Waals surface area contributed by atoms with Crippen LogP contribution in [0.1, 0.15) is 30.7 Å². The topological polar surface area (TPSA) is 42.7 Å². The fraction of sp³-hybridized carbons (Fsp3) is 0.389. The predicted octanol–water partition coefficient (Wildman–Crippen LogP) is 4.04. The molecule has 23 heavy (non-hydrogen) atoms. The summed E-state index contributed by atoms with van der Waals surface area (Å²) in [5.41, 5.74) is 3.01. The van der Waals surface area contributed by atoms with Crippen LogP contribution >= 0.6 is 11.6 Å². The number of carbonyl (C=O) groups is 1. The van der Waals surface area contributed by atoms with Gasteiger partial charge >= 0.3 is 5.97 Å². The van der Waals surface area contributed by atoms with Gasteiger partial charge in [0, 0.05) is 35.1 Å². The highest BCUT2D eigenvalue weighted by Crippen LogP contribution is 2.36. The summed E-state index contributed by atoms with van der Waals surface area (Å²) in [6.07, 6.45) is 3.86. The zero-order valence-electron chi connectivity index (χ0n) is 13.6. The Balaban J connectivity index is 2.04. The van der Waals surface area contributed by atoms with E-state index in [1.54, 1.807) is 6.08 Å². The highest BCUT2D eigenvalue weighted by Gasteiger charge is 2.22. The van der Waals surface area contributed by atoms with Gasteiger partial charge in [0.25, 0.3) is 0 Å². The Morgan fingerprint density at radius 1 is 1.39 bits per heavy atom. The second-order valence-electron chi connectivity index (χ2n) is 6.15. The molecule has 0 fully saturated rings. The molecule has 1 aliphatic heterocycles. The molecule has 2 aromatic rings. The van der Waals surface area contributed by atoms with E-state index in [2.05, 4.69) is 11.9 Å². The van der Waals surface area contributed by atoms with Gasteiger partial charge in [0.05, 0.1) is 6.10 Å². The lowest BCUT2D eigenvalue weighted by Gasteiger charge is -2.12. The molecule has 0 atom stereocenters. The minimum atomic E-state index is -0.368. The van der Waals surface area contributed by atoms with Crippen molar-refractivity contribution in [3.8, 4) is 0 Å². The number of ether oxygens (including phenoxy) is 1. The molecule has 0 unspecified atom stereocenters. The highest BCUT2D eigenvalue weighted by atomic mass is 35.5. The normalized spacial score (nSPS) is 15.5. The molecule has 3 rings (SSSR count). The number of rotatable bonds is 3. The van der Waals surface area contributed by atoms with Crippen LogP contribution in [0.15, 0.2) is 22.6 Å². The fourth-order valence-corrected chi connectivity index (χ4v) is 3.18. The van der Waals surface area contributed by atoms with Crippen molar-refractivity contribution in [3.05, 3.63) is 40.1 Å². The second-order valence-corrected chi connectivity index (χ2v) is 6.56. The van der Waals surface area contributed by atoms with Gasteiger partial charge in [0.1, 0.15) is 11.3 Å². The van der Waals surface area contributed by atoms with Crippen LogP contribution in [-0.2, 0) is 22.5 Å². The average molecular weight is 334 g/mol. The van der Waals surface area contributed by atoms with E-state index < -0.39 is 0 Å². The molecular weight excluding hydrogens is 314 g/mol. The molecule has 1 aliphatic rings. The van der Waals surface area contributed by atoms with Gasteiger partial charge < -0.3 is 14.1 Å². The monoisotopic (exact) mass is 333 g/mol. The van der Waals surface area contributed by atoms with Crippen molar-refractivity contribution < 1.29 is 13.9 Å². The summed E-state index contributed by atoms with van der Waals surface area (Å²) in [5, 5.41) is 1.85. The molecule has 5 heteroatoms. The largest absolute Gasteiger partial charge is 0.460 e. The molecule has 0 aliphatic carbocycles. The van der Waals surface area contributed by atoms with Gasteiger partial charge in [-0.2, -0.15) is 0 Å². The number of furan rings is 1. The van der Waals surface area contributed by atoms with E-state index in [9.17, 15) is 4.79 Å². The molecule has 0 saturated carbocycles. The van der Waals surface area contributed by atoms with Crippen molar-refractivity contribution >= 4 is 34.6 Å². The summed E-state index contributed by atoms with van der Waals surface area (Å²) < 4.78 is 11.1. The highest BCUT2D eigenvalue weighted by molar-refractivity contribution is 6.32. The van der Waals surface area contributed by atoms with E-state index >= 15 is 0 Å². The van der Waals surface area contributed by atoms with Crippen LogP contribution in [0.5, 0.6) is 0 Å². The van der Waals surface area contributed by atoms with Gasteiger partial charge in [-0.3, -0.25) is 0 Å². The quantitative estimate of drug-likeness (QED) is 0.628. The molecule has 122 valence electrons. The Hall–Kier alpha value is -1.78. The number of halogens is 1. The molecule has 4 nitrogen and oxygen atoms in total. The van der Waals surface area contributed by atoms with Gasteiger partial charge in [-0.05, 0) is 51.1 Å². The minimum absolute atomic E-state index is 0.138. The molecule has 0 N–H and O–H groups in total. The molecule has 1 aromatic heterocycles. The van der Waals surface area contributed by atoms with Crippen LogP contribution in [0.25, 0.3) is 17.0 Å². The molecule has 0 amide bonds. The van der Waals surface area contributed by atoms with E-state index in [1.165, 1.54) is 6.08 Å². The van der Waals surface area contributed by atoms with Gasteiger partial charge in [-0.15, -0.1) is 0 Å². The van der Waals surface area contributed by atoms with Crippen LogP contribution in [0.4, 0.5) is 0 Å². The van der Waals surface area contributed by atoms with Crippen LogP contribution in [-0.4, -0.2) is 30.6 Å². The maximum absolute atomic E-state index is 11.7. The van der Waals surface area contributed by atoms with Crippen LogP contribution < -0.4 is 0 Å². The Bertz CT molecular complexity index is 776. The molecule has 0 saturated heterocycles. The van der Waals surface area contributed by atoms with E-state index in [1.807, 2.05) is 26.0 Å². The molecule has 0 spiro atoms. The summed E-state index contributed by atoms with van der Waals surface area (Å²) in [7, 11) is 2.07. The Labute approximate surface area is 140 Å². The Morgan fingerprint density at radius 2 is 2.17 bits per heavy atom. The van der Waals surface area contributed by atoms with E-state index in [0.717, 1.165) is 46.6 Å². The van der Waals surface area contributed by atoms with Crippen molar-refractivity contribution in [1.29, 1.82) is 0 Å². The smallest absolute Gasteiger partial charge is 0.331 e. The van der Waals surface area contributed by atoms with Crippen molar-refractivity contribution in [1.82, 2.24) is 4.90 Å². The molecule has 0 bridgehead atoms. The third-order valence-corrected chi connectivity index (χ3v) is 4.28. The second kappa shape index (κ2) is 6.38. The predicted molar refractivity (Wildman–Crippen MR) is 91.5 cm³/mol. The first-order chi connectivity index (χ1) is 11.0. The summed E-state index contributed by atoms with van der Waals surface area (Å²) in [6.45, 7) is 5.35. The van der Waals surface area contributed by atoms with Crippen molar-refractivity contribution in [2.75, 3.05) is 13.6 Å². The third kappa shape index (κ3) is 3.28. The number of benzene rings is 1. The number of esters is 1. The Morgan fingerprint density at radius 3 is 2.91 bits per heavy atom. The van der Waals surface area contributed by atoms with Crippen molar-refractivity contribution in [2.45, 2.75) is 32.9 Å². The number of hydrogen-bond donors (Lipinski definition) is 0. The van der Waals surface area contributed by atoms with Crippen molar-refractivity contribution in [2.24, 2.45) is 0 Å². The fourth-order valence-electron chi connectivity index (χ4n) is 2.92. The van der Waals surface area contributed by atoms with Gasteiger partial charge in [-0.25, -0.2) is 4.79 Å². The van der Waals surface area contributed by atoms with Crippen molar-refractivity contribution in [3.63, 3.8) is 0 Å². The average Bonchev–Trinajstić information content (AvgIpc) is 2.70. The maximum Gasteiger partial charge on any atom is 0.331 e. The lowest BCUT2D eigenvalue weighted by Crippen LogP contribution is -2.18. The van der Waals surface area contributed by atoms with Gasteiger partial charge in [0.2, 0.25) is 0 Å². The van der Waals surface area contributed by atoms with E-state index in [0.29, 0.717) is 5.76 Å². The van der Waals surface area contributed by atoms with E-state index in [-0.39, 0.29) is 12.1 Å². The molecular formula is C18H20ClNO3. The number of carbonyl (C=O) groups excluding carboxylic acids is 1. The van der Waals surface area contributed by atoms with Crippen LogP contribution in [0, 0.1) is 0 Å². The van der Waals surface area contributed by atoms with E-state index in [4.69, 9.17) is 20.8 Å². The minimum Gasteiger partial charge on any atom is -0.460 e. The number of likely N-dealkylation sites (N-methyl/N-ethyl adjacent to an activating group) is 1. The van der Waals surface area contributed by atoms with Crippen LogP contribution in [0.2, 0.25) is 5.02 Å². The zero-order valence-corrected chi connectivity index (χ0v) is 14.3. The summed E-state index contributed by atoms with van der Waals surface area (Å²) in [4.78, 5) is 14.0. The molecule has 2 heterocycles. The number of nitrogens with zero attached hydrogens (tertiary/aromatic N) is 1.